The van der Waals surface area contributed by atoms with E-state index in [0.29, 0.717) is 17.9 Å². The van der Waals surface area contributed by atoms with Crippen molar-refractivity contribution in [1.82, 2.24) is 14.7 Å². The summed E-state index contributed by atoms with van der Waals surface area (Å²) in [5.41, 5.74) is 6.98. The summed E-state index contributed by atoms with van der Waals surface area (Å²) in [6.07, 6.45) is 4.67. The van der Waals surface area contributed by atoms with E-state index in [1.54, 1.807) is 24.4 Å². The first kappa shape index (κ1) is 15.7. The Kier molecular flexibility index (Phi) is 4.43. The van der Waals surface area contributed by atoms with Crippen molar-refractivity contribution in [2.75, 3.05) is 6.54 Å². The van der Waals surface area contributed by atoms with E-state index in [2.05, 4.69) is 5.10 Å². The first-order valence-corrected chi connectivity index (χ1v) is 7.94. The summed E-state index contributed by atoms with van der Waals surface area (Å²) in [7, 11) is 0. The third-order valence-corrected chi connectivity index (χ3v) is 4.30. The monoisotopic (exact) mass is 316 g/mol. The fraction of sp³-hybridized carbons (Fsp3) is 0.412. The topological polar surface area (TPSA) is 64.2 Å². The SMILES string of the molecule is C[C@@H](N)[C@H]1CCCCN1C(=O)c1ccn(-c2cccc(F)c2)n1. The van der Waals surface area contributed by atoms with Gasteiger partial charge in [-0.2, -0.15) is 5.10 Å². The molecule has 0 spiro atoms. The largest absolute Gasteiger partial charge is 0.333 e. The van der Waals surface area contributed by atoms with Crippen LogP contribution in [-0.2, 0) is 0 Å². The van der Waals surface area contributed by atoms with Gasteiger partial charge in [0.15, 0.2) is 5.69 Å². The lowest BCUT2D eigenvalue weighted by Gasteiger charge is -2.37. The molecule has 122 valence electrons. The molecule has 2 N–H and O–H groups in total. The summed E-state index contributed by atoms with van der Waals surface area (Å²) >= 11 is 0. The number of carbonyl (C=O) groups excluding carboxylic acids is 1. The van der Waals surface area contributed by atoms with Gasteiger partial charge in [-0.1, -0.05) is 6.07 Å². The van der Waals surface area contributed by atoms with Crippen LogP contribution < -0.4 is 5.73 Å². The lowest BCUT2D eigenvalue weighted by Crippen LogP contribution is -2.51. The minimum atomic E-state index is -0.334. The molecular weight excluding hydrogens is 295 g/mol. The summed E-state index contributed by atoms with van der Waals surface area (Å²) in [5, 5.41) is 4.31. The first-order valence-electron chi connectivity index (χ1n) is 7.94. The molecule has 2 heterocycles. The van der Waals surface area contributed by atoms with Crippen LogP contribution in [0.5, 0.6) is 0 Å². The van der Waals surface area contributed by atoms with Gasteiger partial charge in [0.25, 0.3) is 5.91 Å². The number of hydrogen-bond acceptors (Lipinski definition) is 3. The number of amides is 1. The lowest BCUT2D eigenvalue weighted by atomic mass is 9.96. The maximum atomic E-state index is 13.3. The average Bonchev–Trinajstić information content (AvgIpc) is 3.04. The molecule has 0 aliphatic carbocycles. The molecule has 5 nitrogen and oxygen atoms in total. The Morgan fingerprint density at radius 3 is 2.96 bits per heavy atom. The summed E-state index contributed by atoms with van der Waals surface area (Å²) in [4.78, 5) is 14.6. The van der Waals surface area contributed by atoms with Crippen molar-refractivity contribution in [3.05, 3.63) is 48.0 Å². The molecule has 2 atom stereocenters. The number of piperidine rings is 1. The van der Waals surface area contributed by atoms with Crippen LogP contribution in [0, 0.1) is 5.82 Å². The highest BCUT2D eigenvalue weighted by molar-refractivity contribution is 5.92. The van der Waals surface area contributed by atoms with Crippen LogP contribution in [0.3, 0.4) is 0 Å². The van der Waals surface area contributed by atoms with Crippen LogP contribution in [-0.4, -0.2) is 39.2 Å². The summed E-state index contributed by atoms with van der Waals surface area (Å²) < 4.78 is 14.8. The van der Waals surface area contributed by atoms with Crippen LogP contribution >= 0.6 is 0 Å². The molecule has 1 saturated heterocycles. The van der Waals surface area contributed by atoms with Gasteiger partial charge in [-0.05, 0) is 50.5 Å². The van der Waals surface area contributed by atoms with Crippen molar-refractivity contribution in [2.45, 2.75) is 38.3 Å². The molecule has 2 aromatic rings. The number of nitrogens with two attached hydrogens (primary N) is 1. The third kappa shape index (κ3) is 3.27. The Hall–Kier alpha value is -2.21. The minimum absolute atomic E-state index is 0.0515. The second-order valence-corrected chi connectivity index (χ2v) is 6.05. The molecule has 3 rings (SSSR count). The minimum Gasteiger partial charge on any atom is -0.333 e. The number of carbonyl (C=O) groups is 1. The van der Waals surface area contributed by atoms with Gasteiger partial charge in [0.05, 0.1) is 5.69 Å². The fourth-order valence-electron chi connectivity index (χ4n) is 3.10. The van der Waals surface area contributed by atoms with Crippen LogP contribution in [0.25, 0.3) is 5.69 Å². The van der Waals surface area contributed by atoms with Crippen molar-refractivity contribution in [2.24, 2.45) is 5.73 Å². The highest BCUT2D eigenvalue weighted by Gasteiger charge is 2.30. The number of benzene rings is 1. The zero-order valence-corrected chi connectivity index (χ0v) is 13.2. The molecule has 6 heteroatoms. The van der Waals surface area contributed by atoms with Gasteiger partial charge in [-0.15, -0.1) is 0 Å². The van der Waals surface area contributed by atoms with Gasteiger partial charge in [0.2, 0.25) is 0 Å². The highest BCUT2D eigenvalue weighted by Crippen LogP contribution is 2.21. The van der Waals surface area contributed by atoms with Crippen molar-refractivity contribution >= 4 is 5.91 Å². The Bertz CT molecular complexity index is 697. The quantitative estimate of drug-likeness (QED) is 0.945. The molecule has 23 heavy (non-hydrogen) atoms. The van der Waals surface area contributed by atoms with Crippen LogP contribution in [0.4, 0.5) is 4.39 Å². The zero-order chi connectivity index (χ0) is 16.4. The van der Waals surface area contributed by atoms with Crippen molar-refractivity contribution in [1.29, 1.82) is 0 Å². The van der Waals surface area contributed by atoms with Crippen molar-refractivity contribution in [3.8, 4) is 5.69 Å². The zero-order valence-electron chi connectivity index (χ0n) is 13.2. The molecule has 1 aromatic heterocycles. The van der Waals surface area contributed by atoms with E-state index in [1.807, 2.05) is 11.8 Å². The summed E-state index contributed by atoms with van der Waals surface area (Å²) in [6.45, 7) is 2.64. The predicted molar refractivity (Wildman–Crippen MR) is 85.8 cm³/mol. The number of nitrogens with zero attached hydrogens (tertiary/aromatic N) is 3. The van der Waals surface area contributed by atoms with Gasteiger partial charge < -0.3 is 10.6 Å². The maximum Gasteiger partial charge on any atom is 0.274 e. The van der Waals surface area contributed by atoms with E-state index in [0.717, 1.165) is 19.3 Å². The highest BCUT2D eigenvalue weighted by atomic mass is 19.1. The molecule has 0 radical (unpaired) electrons. The van der Waals surface area contributed by atoms with Gasteiger partial charge in [-0.25, -0.2) is 9.07 Å². The molecule has 0 unspecified atom stereocenters. The Labute approximate surface area is 134 Å². The third-order valence-electron chi connectivity index (χ3n) is 4.30. The molecule has 1 aliphatic heterocycles. The van der Waals surface area contributed by atoms with Gasteiger partial charge in [0, 0.05) is 24.8 Å². The lowest BCUT2D eigenvalue weighted by molar-refractivity contribution is 0.0577. The van der Waals surface area contributed by atoms with Gasteiger partial charge >= 0.3 is 0 Å². The van der Waals surface area contributed by atoms with E-state index in [1.165, 1.54) is 16.8 Å². The second kappa shape index (κ2) is 6.50. The van der Waals surface area contributed by atoms with Crippen molar-refractivity contribution in [3.63, 3.8) is 0 Å². The number of aromatic nitrogens is 2. The number of likely N-dealkylation sites (tertiary alicyclic amines) is 1. The second-order valence-electron chi connectivity index (χ2n) is 6.05. The Balaban J connectivity index is 1.83. The standard InChI is InChI=1S/C17H21FN4O/c1-12(19)16-7-2-3-9-21(16)17(23)15-8-10-22(20-15)14-6-4-5-13(18)11-14/h4-6,8,10-12,16H,2-3,7,9,19H2,1H3/t12-,16-/m1/s1. The Morgan fingerprint density at radius 1 is 1.39 bits per heavy atom. The van der Waals surface area contributed by atoms with Gasteiger partial charge in [0.1, 0.15) is 5.82 Å². The van der Waals surface area contributed by atoms with Crippen LogP contribution in [0.1, 0.15) is 36.7 Å². The number of halogens is 1. The molecule has 1 aliphatic rings. The maximum absolute atomic E-state index is 13.3. The van der Waals surface area contributed by atoms with Crippen LogP contribution in [0.2, 0.25) is 0 Å². The molecular formula is C17H21FN4O. The van der Waals surface area contributed by atoms with Gasteiger partial charge in [-0.3, -0.25) is 4.79 Å². The van der Waals surface area contributed by atoms with E-state index >= 15 is 0 Å². The fourth-order valence-corrected chi connectivity index (χ4v) is 3.10. The number of rotatable bonds is 3. The van der Waals surface area contributed by atoms with E-state index in [4.69, 9.17) is 5.73 Å². The summed E-state index contributed by atoms with van der Waals surface area (Å²) in [5.74, 6) is -0.443. The predicted octanol–water partition coefficient (Wildman–Crippen LogP) is 2.35. The molecule has 0 saturated carbocycles. The van der Waals surface area contributed by atoms with Crippen molar-refractivity contribution < 1.29 is 9.18 Å². The summed E-state index contributed by atoms with van der Waals surface area (Å²) in [6, 6.07) is 7.77. The average molecular weight is 316 g/mol. The molecule has 1 aromatic carbocycles. The molecule has 0 bridgehead atoms. The van der Waals surface area contributed by atoms with E-state index < -0.39 is 0 Å². The molecule has 1 fully saturated rings. The van der Waals surface area contributed by atoms with E-state index in [9.17, 15) is 9.18 Å². The van der Waals surface area contributed by atoms with Crippen LogP contribution in [0.15, 0.2) is 36.5 Å². The normalized spacial score (nSPS) is 19.6. The first-order chi connectivity index (χ1) is 11.1. The smallest absolute Gasteiger partial charge is 0.274 e. The molecule has 1 amide bonds. The number of hydrogen-bond donors (Lipinski definition) is 1. The Morgan fingerprint density at radius 2 is 2.22 bits per heavy atom. The van der Waals surface area contributed by atoms with E-state index in [-0.39, 0.29) is 23.8 Å².